The van der Waals surface area contributed by atoms with Crippen molar-refractivity contribution in [2.45, 2.75) is 12.8 Å². The molecule has 0 fully saturated rings. The Morgan fingerprint density at radius 3 is 3.21 bits per heavy atom. The van der Waals surface area contributed by atoms with E-state index in [-0.39, 0.29) is 6.42 Å². The maximum absolute atomic E-state index is 10.6. The summed E-state index contributed by atoms with van der Waals surface area (Å²) in [7, 11) is 0. The van der Waals surface area contributed by atoms with E-state index in [1.165, 1.54) is 10.4 Å². The van der Waals surface area contributed by atoms with Gasteiger partial charge in [-0.25, -0.2) is 0 Å². The minimum atomic E-state index is -0.761. The summed E-state index contributed by atoms with van der Waals surface area (Å²) in [6.07, 6.45) is 6.77. The van der Waals surface area contributed by atoms with Gasteiger partial charge in [0.2, 0.25) is 0 Å². The molecule has 0 saturated carbocycles. The molecule has 2 nitrogen and oxygen atoms in total. The third-order valence-electron chi connectivity index (χ3n) is 2.16. The number of hydrogen-bond acceptors (Lipinski definition) is 2. The van der Waals surface area contributed by atoms with E-state index in [4.69, 9.17) is 5.11 Å². The van der Waals surface area contributed by atoms with Gasteiger partial charge in [0.25, 0.3) is 0 Å². The van der Waals surface area contributed by atoms with E-state index in [9.17, 15) is 4.79 Å². The second kappa shape index (κ2) is 3.80. The summed E-state index contributed by atoms with van der Waals surface area (Å²) in [5, 5.41) is 10.7. The van der Waals surface area contributed by atoms with Crippen LogP contribution in [0.1, 0.15) is 16.9 Å². The van der Waals surface area contributed by atoms with Crippen molar-refractivity contribution >= 4 is 23.4 Å². The summed E-state index contributed by atoms with van der Waals surface area (Å²) in [5.41, 5.74) is 2.20. The fourth-order valence-corrected chi connectivity index (χ4v) is 2.36. The van der Waals surface area contributed by atoms with Gasteiger partial charge in [-0.3, -0.25) is 4.79 Å². The second-order valence-electron chi connectivity index (χ2n) is 3.24. The van der Waals surface area contributed by atoms with Crippen LogP contribution >= 0.6 is 11.3 Å². The Hall–Kier alpha value is -1.35. The first-order valence-corrected chi connectivity index (χ1v) is 5.28. The maximum atomic E-state index is 10.6. The molecule has 72 valence electrons. The van der Waals surface area contributed by atoms with Crippen molar-refractivity contribution in [2.75, 3.05) is 0 Å². The standard InChI is InChI=1S/C11H10O2S/c12-11(13)7-8-2-1-3-10-9(6-8)4-5-14-10/h1-5H,6-7H2,(H,12,13). The average Bonchev–Trinajstić information content (AvgIpc) is 2.44. The van der Waals surface area contributed by atoms with Crippen LogP contribution in [0.15, 0.2) is 29.2 Å². The highest BCUT2D eigenvalue weighted by Crippen LogP contribution is 2.25. The largest absolute Gasteiger partial charge is 0.481 e. The van der Waals surface area contributed by atoms with E-state index in [1.54, 1.807) is 11.3 Å². The molecule has 1 aliphatic carbocycles. The SMILES string of the molecule is O=C(O)CC1=CC=Cc2sccc2C1. The van der Waals surface area contributed by atoms with E-state index in [2.05, 4.69) is 6.07 Å². The number of thiophene rings is 1. The molecule has 14 heavy (non-hydrogen) atoms. The van der Waals surface area contributed by atoms with Crippen LogP contribution in [0.3, 0.4) is 0 Å². The molecule has 2 rings (SSSR count). The molecular formula is C11H10O2S. The highest BCUT2D eigenvalue weighted by atomic mass is 32.1. The van der Waals surface area contributed by atoms with Gasteiger partial charge in [-0.2, -0.15) is 0 Å². The van der Waals surface area contributed by atoms with Gasteiger partial charge >= 0.3 is 5.97 Å². The predicted octanol–water partition coefficient (Wildman–Crippen LogP) is 2.72. The van der Waals surface area contributed by atoms with Crippen molar-refractivity contribution in [2.24, 2.45) is 0 Å². The molecule has 1 aliphatic rings. The number of carboxylic acids is 1. The van der Waals surface area contributed by atoms with E-state index in [1.807, 2.05) is 23.6 Å². The van der Waals surface area contributed by atoms with Crippen molar-refractivity contribution < 1.29 is 9.90 Å². The lowest BCUT2D eigenvalue weighted by Crippen LogP contribution is -1.99. The van der Waals surface area contributed by atoms with Crippen LogP contribution in [0.25, 0.3) is 6.08 Å². The summed E-state index contributed by atoms with van der Waals surface area (Å²) >= 11 is 1.69. The zero-order valence-electron chi connectivity index (χ0n) is 7.56. The normalized spacial score (nSPS) is 14.4. The maximum Gasteiger partial charge on any atom is 0.307 e. The highest BCUT2D eigenvalue weighted by Gasteiger charge is 2.09. The van der Waals surface area contributed by atoms with Gasteiger partial charge in [0, 0.05) is 4.88 Å². The molecule has 0 bridgehead atoms. The smallest absolute Gasteiger partial charge is 0.307 e. The molecule has 1 aromatic heterocycles. The molecule has 0 aromatic carbocycles. The molecule has 1 aromatic rings. The summed E-state index contributed by atoms with van der Waals surface area (Å²) in [5.74, 6) is -0.761. The van der Waals surface area contributed by atoms with Gasteiger partial charge in [0.1, 0.15) is 0 Å². The Bertz CT molecular complexity index is 413. The molecule has 0 radical (unpaired) electrons. The fourth-order valence-electron chi connectivity index (χ4n) is 1.53. The molecule has 0 spiro atoms. The minimum absolute atomic E-state index is 0.139. The number of carbonyl (C=O) groups is 1. The summed E-state index contributed by atoms with van der Waals surface area (Å²) in [6.45, 7) is 0. The van der Waals surface area contributed by atoms with E-state index in [0.717, 1.165) is 12.0 Å². The number of fused-ring (bicyclic) bond motifs is 1. The first-order valence-electron chi connectivity index (χ1n) is 4.40. The lowest BCUT2D eigenvalue weighted by Gasteiger charge is -2.01. The molecule has 1 heterocycles. The Labute approximate surface area is 86.2 Å². The molecule has 0 unspecified atom stereocenters. The summed E-state index contributed by atoms with van der Waals surface area (Å²) < 4.78 is 0. The van der Waals surface area contributed by atoms with E-state index in [0.29, 0.717) is 0 Å². The quantitative estimate of drug-likeness (QED) is 0.807. The second-order valence-corrected chi connectivity index (χ2v) is 4.19. The summed E-state index contributed by atoms with van der Waals surface area (Å²) in [6, 6.07) is 2.06. The van der Waals surface area contributed by atoms with Crippen molar-refractivity contribution in [3.8, 4) is 0 Å². The average molecular weight is 206 g/mol. The molecule has 3 heteroatoms. The van der Waals surface area contributed by atoms with Crippen LogP contribution < -0.4 is 0 Å². The van der Waals surface area contributed by atoms with Crippen LogP contribution in [-0.2, 0) is 11.2 Å². The van der Waals surface area contributed by atoms with Crippen LogP contribution in [0.2, 0.25) is 0 Å². The molecule has 0 atom stereocenters. The molecule has 0 amide bonds. The third kappa shape index (κ3) is 1.93. The third-order valence-corrected chi connectivity index (χ3v) is 3.08. The summed E-state index contributed by atoms with van der Waals surface area (Å²) in [4.78, 5) is 11.8. The van der Waals surface area contributed by atoms with Crippen molar-refractivity contribution in [1.29, 1.82) is 0 Å². The zero-order valence-corrected chi connectivity index (χ0v) is 8.38. The number of carboxylic acid groups (broad SMARTS) is 1. The van der Waals surface area contributed by atoms with Gasteiger partial charge < -0.3 is 5.11 Å². The topological polar surface area (TPSA) is 37.3 Å². The van der Waals surface area contributed by atoms with E-state index < -0.39 is 5.97 Å². The lowest BCUT2D eigenvalue weighted by molar-refractivity contribution is -0.136. The Morgan fingerprint density at radius 1 is 1.57 bits per heavy atom. The number of rotatable bonds is 2. The molecular weight excluding hydrogens is 196 g/mol. The van der Waals surface area contributed by atoms with Gasteiger partial charge in [-0.05, 0) is 29.5 Å². The van der Waals surface area contributed by atoms with Crippen LogP contribution in [0, 0.1) is 0 Å². The molecule has 0 aliphatic heterocycles. The fraction of sp³-hybridized carbons (Fsp3) is 0.182. The van der Waals surface area contributed by atoms with Gasteiger partial charge in [-0.1, -0.05) is 17.7 Å². The van der Waals surface area contributed by atoms with Crippen LogP contribution in [-0.4, -0.2) is 11.1 Å². The monoisotopic (exact) mass is 206 g/mol. The van der Waals surface area contributed by atoms with Gasteiger partial charge in [0.15, 0.2) is 0 Å². The van der Waals surface area contributed by atoms with Crippen LogP contribution in [0.5, 0.6) is 0 Å². The minimum Gasteiger partial charge on any atom is -0.481 e. The lowest BCUT2D eigenvalue weighted by atomic mass is 10.0. The van der Waals surface area contributed by atoms with Crippen molar-refractivity contribution in [3.05, 3.63) is 39.6 Å². The Kier molecular flexibility index (Phi) is 2.50. The van der Waals surface area contributed by atoms with E-state index >= 15 is 0 Å². The number of aliphatic carboxylic acids is 1. The van der Waals surface area contributed by atoms with Crippen molar-refractivity contribution in [3.63, 3.8) is 0 Å². The van der Waals surface area contributed by atoms with Gasteiger partial charge in [0.05, 0.1) is 6.42 Å². The Morgan fingerprint density at radius 2 is 2.43 bits per heavy atom. The molecule has 1 N–H and O–H groups in total. The Balaban J connectivity index is 2.22. The number of hydrogen-bond donors (Lipinski definition) is 1. The number of allylic oxidation sites excluding steroid dienone is 2. The predicted molar refractivity (Wildman–Crippen MR) is 57.4 cm³/mol. The zero-order chi connectivity index (χ0) is 9.97. The van der Waals surface area contributed by atoms with Crippen LogP contribution in [0.4, 0.5) is 0 Å². The van der Waals surface area contributed by atoms with Crippen molar-refractivity contribution in [1.82, 2.24) is 0 Å². The first-order chi connectivity index (χ1) is 6.75. The molecule has 0 saturated heterocycles. The highest BCUT2D eigenvalue weighted by molar-refractivity contribution is 7.11. The first kappa shape index (κ1) is 9.21. The van der Waals surface area contributed by atoms with Gasteiger partial charge in [-0.15, -0.1) is 11.3 Å².